The van der Waals surface area contributed by atoms with Crippen molar-refractivity contribution in [3.05, 3.63) is 11.8 Å². The Kier molecular flexibility index (Phi) is 1.91. The van der Waals surface area contributed by atoms with E-state index >= 15 is 0 Å². The van der Waals surface area contributed by atoms with Gasteiger partial charge in [0.15, 0.2) is 0 Å². The van der Waals surface area contributed by atoms with E-state index in [0.29, 0.717) is 0 Å². The highest BCUT2D eigenvalue weighted by Gasteiger charge is 2.23. The van der Waals surface area contributed by atoms with E-state index in [1.807, 2.05) is 0 Å². The van der Waals surface area contributed by atoms with E-state index in [9.17, 15) is 9.59 Å². The molecule has 1 unspecified atom stereocenters. The van der Waals surface area contributed by atoms with Crippen molar-refractivity contribution in [3.8, 4) is 0 Å². The van der Waals surface area contributed by atoms with Crippen molar-refractivity contribution in [1.82, 2.24) is 5.32 Å². The number of ether oxygens (including phenoxy) is 1. The molecule has 2 N–H and O–H groups in total. The molecule has 0 saturated carbocycles. The second kappa shape index (κ2) is 2.71. The number of esters is 1. The molecule has 1 rings (SSSR count). The lowest BCUT2D eigenvalue weighted by Crippen LogP contribution is -2.26. The molecule has 0 fully saturated rings. The first kappa shape index (κ1) is 7.74. The second-order valence-corrected chi connectivity index (χ2v) is 2.07. The van der Waals surface area contributed by atoms with Crippen LogP contribution in [0.5, 0.6) is 0 Å². The monoisotopic (exact) mass is 157 g/mol. The third-order valence-electron chi connectivity index (χ3n) is 1.09. The molecule has 1 atom stereocenters. The van der Waals surface area contributed by atoms with Gasteiger partial charge < -0.3 is 15.2 Å². The van der Waals surface area contributed by atoms with Gasteiger partial charge in [-0.2, -0.15) is 0 Å². The molecule has 1 aliphatic rings. The molecule has 1 amide bonds. The number of carbonyl (C=O) groups is 2. The van der Waals surface area contributed by atoms with Gasteiger partial charge in [0.05, 0.1) is 5.70 Å². The molecule has 5 heteroatoms. The molecule has 0 spiro atoms. The number of hydrogen-bond donors (Lipinski definition) is 2. The number of amides is 1. The minimum Gasteiger partial charge on any atom is -0.427 e. The zero-order chi connectivity index (χ0) is 8.43. The maximum atomic E-state index is 10.4. The molecule has 0 saturated heterocycles. The number of nitrogens with one attached hydrogen (secondary N) is 1. The van der Waals surface area contributed by atoms with Gasteiger partial charge in [-0.05, 0) is 0 Å². The Labute approximate surface area is 62.6 Å². The average molecular weight is 157 g/mol. The Morgan fingerprint density at radius 3 is 2.82 bits per heavy atom. The summed E-state index contributed by atoms with van der Waals surface area (Å²) >= 11 is 0. The summed E-state index contributed by atoms with van der Waals surface area (Å²) in [4.78, 5) is 20.9. The van der Waals surface area contributed by atoms with Gasteiger partial charge in [0, 0.05) is 13.0 Å². The number of cyclic esters (lactones) is 1. The van der Waals surface area contributed by atoms with Gasteiger partial charge in [-0.1, -0.05) is 0 Å². The molecule has 60 valence electrons. The predicted octanol–water partition coefficient (Wildman–Crippen LogP) is -1.12. The van der Waals surface area contributed by atoms with Crippen LogP contribution in [-0.4, -0.2) is 23.3 Å². The van der Waals surface area contributed by atoms with Gasteiger partial charge in [0.1, 0.15) is 0 Å². The van der Waals surface area contributed by atoms with Gasteiger partial charge in [0.2, 0.25) is 12.2 Å². The lowest BCUT2D eigenvalue weighted by molar-refractivity contribution is -0.151. The Bertz CT molecular complexity index is 233. The first-order valence-electron chi connectivity index (χ1n) is 2.97. The van der Waals surface area contributed by atoms with Crippen LogP contribution in [0.2, 0.25) is 0 Å². The van der Waals surface area contributed by atoms with Crippen LogP contribution < -0.4 is 5.32 Å². The fraction of sp³-hybridized carbons (Fsp3) is 0.333. The highest BCUT2D eigenvalue weighted by atomic mass is 16.6. The minimum absolute atomic E-state index is 0.0856. The van der Waals surface area contributed by atoms with Gasteiger partial charge >= 0.3 is 5.97 Å². The van der Waals surface area contributed by atoms with Crippen molar-refractivity contribution in [2.75, 3.05) is 0 Å². The maximum absolute atomic E-state index is 10.4. The van der Waals surface area contributed by atoms with Crippen LogP contribution in [0.4, 0.5) is 0 Å². The van der Waals surface area contributed by atoms with Crippen LogP contribution in [0.25, 0.3) is 0 Å². The van der Waals surface area contributed by atoms with E-state index in [-0.39, 0.29) is 11.6 Å². The first-order chi connectivity index (χ1) is 5.09. The van der Waals surface area contributed by atoms with Crippen LogP contribution in [0.15, 0.2) is 11.8 Å². The summed E-state index contributed by atoms with van der Waals surface area (Å²) in [7, 11) is 0. The summed E-state index contributed by atoms with van der Waals surface area (Å²) in [6.07, 6.45) is -0.294. The highest BCUT2D eigenvalue weighted by molar-refractivity contribution is 5.87. The molecule has 0 aromatic heterocycles. The molecule has 11 heavy (non-hydrogen) atoms. The van der Waals surface area contributed by atoms with Crippen molar-refractivity contribution in [2.24, 2.45) is 0 Å². The van der Waals surface area contributed by atoms with Crippen LogP contribution in [-0.2, 0) is 14.3 Å². The van der Waals surface area contributed by atoms with Gasteiger partial charge in [0.25, 0.3) is 0 Å². The zero-order valence-electron chi connectivity index (χ0n) is 5.83. The summed E-state index contributed by atoms with van der Waals surface area (Å²) in [6, 6.07) is 0. The molecule has 1 heterocycles. The molecule has 0 aromatic carbocycles. The largest absolute Gasteiger partial charge is 0.427 e. The molecular weight excluding hydrogens is 150 g/mol. The second-order valence-electron chi connectivity index (χ2n) is 2.07. The standard InChI is InChI=1S/C6H7NO4/c1-3(8)7-4-2-5(9)11-6(4)10/h2,6,10H,1H3,(H,7,8). The van der Waals surface area contributed by atoms with Crippen LogP contribution in [0.1, 0.15) is 6.92 Å². The Morgan fingerprint density at radius 2 is 2.45 bits per heavy atom. The Hall–Kier alpha value is -1.36. The first-order valence-corrected chi connectivity index (χ1v) is 2.97. The van der Waals surface area contributed by atoms with E-state index in [1.54, 1.807) is 0 Å². The number of aliphatic hydroxyl groups excluding tert-OH is 1. The lowest BCUT2D eigenvalue weighted by Gasteiger charge is -2.06. The smallest absolute Gasteiger partial charge is 0.335 e. The minimum atomic E-state index is -1.33. The number of carbonyl (C=O) groups excluding carboxylic acids is 2. The summed E-state index contributed by atoms with van der Waals surface area (Å²) in [5.41, 5.74) is 0.0856. The molecule has 5 nitrogen and oxygen atoms in total. The average Bonchev–Trinajstić information content (AvgIpc) is 2.09. The SMILES string of the molecule is CC(=O)NC1=CC(=O)OC1O. The summed E-state index contributed by atoms with van der Waals surface area (Å²) in [5, 5.41) is 11.1. The number of hydrogen-bond acceptors (Lipinski definition) is 4. The summed E-state index contributed by atoms with van der Waals surface area (Å²) < 4.78 is 4.28. The fourth-order valence-corrected chi connectivity index (χ4v) is 0.707. The molecule has 0 radical (unpaired) electrons. The predicted molar refractivity (Wildman–Crippen MR) is 34.0 cm³/mol. The topological polar surface area (TPSA) is 75.6 Å². The Balaban J connectivity index is 2.64. The maximum Gasteiger partial charge on any atom is 0.335 e. The summed E-state index contributed by atoms with van der Waals surface area (Å²) in [5.74, 6) is -1.00. The number of rotatable bonds is 1. The fourth-order valence-electron chi connectivity index (χ4n) is 0.707. The quantitative estimate of drug-likeness (QED) is 0.473. The van der Waals surface area contributed by atoms with E-state index in [4.69, 9.17) is 5.11 Å². The van der Waals surface area contributed by atoms with E-state index in [2.05, 4.69) is 10.1 Å². The molecule has 0 aromatic rings. The molecular formula is C6H7NO4. The Morgan fingerprint density at radius 1 is 1.82 bits per heavy atom. The van der Waals surface area contributed by atoms with Gasteiger partial charge in [-0.3, -0.25) is 4.79 Å². The van der Waals surface area contributed by atoms with Crippen molar-refractivity contribution in [1.29, 1.82) is 0 Å². The van der Waals surface area contributed by atoms with E-state index in [1.165, 1.54) is 6.92 Å². The number of aliphatic hydroxyl groups is 1. The normalized spacial score (nSPS) is 22.5. The molecule has 1 aliphatic heterocycles. The third-order valence-corrected chi connectivity index (χ3v) is 1.09. The van der Waals surface area contributed by atoms with Crippen molar-refractivity contribution >= 4 is 11.9 Å². The van der Waals surface area contributed by atoms with Crippen molar-refractivity contribution in [3.63, 3.8) is 0 Å². The van der Waals surface area contributed by atoms with Crippen molar-refractivity contribution in [2.45, 2.75) is 13.2 Å². The zero-order valence-corrected chi connectivity index (χ0v) is 5.83. The molecule has 0 aliphatic carbocycles. The van der Waals surface area contributed by atoms with E-state index in [0.717, 1.165) is 6.08 Å². The van der Waals surface area contributed by atoms with Crippen molar-refractivity contribution < 1.29 is 19.4 Å². The van der Waals surface area contributed by atoms with Gasteiger partial charge in [-0.15, -0.1) is 0 Å². The van der Waals surface area contributed by atoms with E-state index < -0.39 is 12.3 Å². The van der Waals surface area contributed by atoms with Crippen LogP contribution in [0, 0.1) is 0 Å². The highest BCUT2D eigenvalue weighted by Crippen LogP contribution is 2.09. The summed E-state index contributed by atoms with van der Waals surface area (Å²) in [6.45, 7) is 1.27. The van der Waals surface area contributed by atoms with Gasteiger partial charge in [-0.25, -0.2) is 4.79 Å². The third kappa shape index (κ3) is 1.78. The molecule has 0 bridgehead atoms. The lowest BCUT2D eigenvalue weighted by atomic mass is 10.4. The van der Waals surface area contributed by atoms with Crippen LogP contribution in [0.3, 0.4) is 0 Å². The van der Waals surface area contributed by atoms with Crippen LogP contribution >= 0.6 is 0 Å².